The fraction of sp³-hybridized carbons (Fsp3) is 0.111. The molecule has 2 aromatic carbocycles. The van der Waals surface area contributed by atoms with Crippen molar-refractivity contribution in [3.63, 3.8) is 0 Å². The Hall–Kier alpha value is -2.60. The molecule has 0 spiro atoms. The summed E-state index contributed by atoms with van der Waals surface area (Å²) in [5.41, 5.74) is 1.37. The van der Waals surface area contributed by atoms with Crippen LogP contribution in [0.1, 0.15) is 5.56 Å². The number of hydrogen-bond acceptors (Lipinski definition) is 4. The molecule has 0 saturated carbocycles. The molecule has 1 N–H and O–H groups in total. The number of anilines is 1. The van der Waals surface area contributed by atoms with Crippen molar-refractivity contribution in [3.8, 4) is 5.75 Å². The van der Waals surface area contributed by atoms with E-state index in [0.29, 0.717) is 11.4 Å². The topological polar surface area (TPSA) is 64.6 Å². The van der Waals surface area contributed by atoms with E-state index in [9.17, 15) is 9.59 Å². The number of carbonyl (C=O) groups excluding carboxylic acids is 2. The molecule has 2 rings (SSSR count). The Bertz CT molecular complexity index is 758. The lowest BCUT2D eigenvalue weighted by Crippen LogP contribution is -2.20. The number of hydrogen-bond donors (Lipinski definition) is 1. The Morgan fingerprint density at radius 1 is 1.17 bits per heavy atom. The lowest BCUT2D eigenvalue weighted by atomic mass is 10.2. The van der Waals surface area contributed by atoms with Crippen LogP contribution in [-0.4, -0.2) is 25.6 Å². The molecule has 0 bridgehead atoms. The maximum atomic E-state index is 11.8. The average Bonchev–Trinajstić information content (AvgIpc) is 2.58. The lowest BCUT2D eigenvalue weighted by molar-refractivity contribution is -0.142. The first kappa shape index (κ1) is 17.7. The highest BCUT2D eigenvalue weighted by molar-refractivity contribution is 9.10. The summed E-state index contributed by atoms with van der Waals surface area (Å²) in [6, 6.07) is 14.4. The average molecular weight is 390 g/mol. The van der Waals surface area contributed by atoms with Crippen molar-refractivity contribution in [1.82, 2.24) is 0 Å². The molecule has 0 aliphatic rings. The molecule has 0 unspecified atom stereocenters. The third-order valence-corrected chi connectivity index (χ3v) is 3.48. The Kier molecular flexibility index (Phi) is 6.57. The van der Waals surface area contributed by atoms with Crippen LogP contribution in [0.3, 0.4) is 0 Å². The predicted octanol–water partition coefficient (Wildman–Crippen LogP) is 3.65. The van der Waals surface area contributed by atoms with Gasteiger partial charge in [-0.05, 0) is 35.9 Å². The molecule has 24 heavy (non-hydrogen) atoms. The van der Waals surface area contributed by atoms with Gasteiger partial charge in [0.15, 0.2) is 6.61 Å². The van der Waals surface area contributed by atoms with Crippen LogP contribution < -0.4 is 10.1 Å². The fourth-order valence-corrected chi connectivity index (χ4v) is 2.31. The van der Waals surface area contributed by atoms with Crippen molar-refractivity contribution in [2.24, 2.45) is 0 Å². The number of para-hydroxylation sites is 2. The van der Waals surface area contributed by atoms with E-state index < -0.39 is 11.9 Å². The van der Waals surface area contributed by atoms with E-state index in [-0.39, 0.29) is 6.61 Å². The molecule has 0 aromatic heterocycles. The summed E-state index contributed by atoms with van der Waals surface area (Å²) < 4.78 is 11.0. The van der Waals surface area contributed by atoms with Crippen LogP contribution in [0.25, 0.3) is 6.08 Å². The maximum absolute atomic E-state index is 11.8. The van der Waals surface area contributed by atoms with Crippen molar-refractivity contribution < 1.29 is 19.1 Å². The number of halogens is 1. The van der Waals surface area contributed by atoms with Gasteiger partial charge in [0, 0.05) is 10.5 Å². The van der Waals surface area contributed by atoms with Gasteiger partial charge in [-0.2, -0.15) is 0 Å². The minimum absolute atomic E-state index is 0.375. The summed E-state index contributed by atoms with van der Waals surface area (Å²) in [6.45, 7) is -0.375. The minimum Gasteiger partial charge on any atom is -0.495 e. The summed E-state index contributed by atoms with van der Waals surface area (Å²) in [4.78, 5) is 23.5. The molecule has 124 valence electrons. The zero-order valence-electron chi connectivity index (χ0n) is 13.0. The first-order chi connectivity index (χ1) is 11.6. The Labute approximate surface area is 148 Å². The number of benzene rings is 2. The van der Waals surface area contributed by atoms with Crippen molar-refractivity contribution in [2.75, 3.05) is 19.0 Å². The zero-order chi connectivity index (χ0) is 17.4. The SMILES string of the molecule is COc1ccccc1NC(=O)COC(=O)/C=C/c1cccc(Br)c1. The van der Waals surface area contributed by atoms with Crippen LogP contribution in [0.5, 0.6) is 5.75 Å². The summed E-state index contributed by atoms with van der Waals surface area (Å²) in [7, 11) is 1.51. The van der Waals surface area contributed by atoms with Crippen molar-refractivity contribution in [3.05, 3.63) is 64.6 Å². The van der Waals surface area contributed by atoms with Crippen molar-refractivity contribution in [2.45, 2.75) is 0 Å². The highest BCUT2D eigenvalue weighted by Crippen LogP contribution is 2.22. The Morgan fingerprint density at radius 2 is 1.96 bits per heavy atom. The third kappa shape index (κ3) is 5.55. The molecule has 0 aliphatic carbocycles. The number of carbonyl (C=O) groups is 2. The molecule has 1 amide bonds. The van der Waals surface area contributed by atoms with Crippen LogP contribution in [-0.2, 0) is 14.3 Å². The molecule has 5 nitrogen and oxygen atoms in total. The van der Waals surface area contributed by atoms with Gasteiger partial charge in [0.25, 0.3) is 5.91 Å². The second-order valence-corrected chi connectivity index (χ2v) is 5.66. The summed E-state index contributed by atoms with van der Waals surface area (Å²) in [6.07, 6.45) is 2.89. The number of ether oxygens (including phenoxy) is 2. The van der Waals surface area contributed by atoms with Crippen LogP contribution in [0, 0.1) is 0 Å². The third-order valence-electron chi connectivity index (χ3n) is 2.99. The van der Waals surface area contributed by atoms with Gasteiger partial charge in [-0.15, -0.1) is 0 Å². The second-order valence-electron chi connectivity index (χ2n) is 4.74. The van der Waals surface area contributed by atoms with Gasteiger partial charge in [0.05, 0.1) is 12.8 Å². The number of rotatable bonds is 6. The van der Waals surface area contributed by atoms with E-state index in [1.807, 2.05) is 24.3 Å². The van der Waals surface area contributed by atoms with Gasteiger partial charge >= 0.3 is 5.97 Å². The minimum atomic E-state index is -0.592. The molecule has 0 aliphatic heterocycles. The molecule has 0 saturated heterocycles. The van der Waals surface area contributed by atoms with Crippen LogP contribution in [0.4, 0.5) is 5.69 Å². The molecule has 2 aromatic rings. The normalized spacial score (nSPS) is 10.4. The standard InChI is InChI=1S/C18H16BrNO4/c1-23-16-8-3-2-7-15(16)20-17(21)12-24-18(22)10-9-13-5-4-6-14(19)11-13/h2-11H,12H2,1H3,(H,20,21)/b10-9+. The van der Waals surface area contributed by atoms with Crippen molar-refractivity contribution >= 4 is 39.6 Å². The molecule has 0 atom stereocenters. The number of nitrogens with one attached hydrogen (secondary N) is 1. The van der Waals surface area contributed by atoms with E-state index in [2.05, 4.69) is 21.2 Å². The van der Waals surface area contributed by atoms with Gasteiger partial charge in [0.2, 0.25) is 0 Å². The number of esters is 1. The van der Waals surface area contributed by atoms with Crippen LogP contribution >= 0.6 is 15.9 Å². The van der Waals surface area contributed by atoms with Gasteiger partial charge in [-0.25, -0.2) is 4.79 Å². The van der Waals surface area contributed by atoms with Crippen LogP contribution in [0.2, 0.25) is 0 Å². The summed E-state index contributed by atoms with van der Waals surface area (Å²) in [5.74, 6) is -0.499. The van der Waals surface area contributed by atoms with Gasteiger partial charge in [-0.1, -0.05) is 40.2 Å². The number of amides is 1. The summed E-state index contributed by atoms with van der Waals surface area (Å²) >= 11 is 3.35. The van der Waals surface area contributed by atoms with Gasteiger partial charge in [0.1, 0.15) is 5.75 Å². The smallest absolute Gasteiger partial charge is 0.331 e. The Balaban J connectivity index is 1.84. The van der Waals surface area contributed by atoms with Crippen molar-refractivity contribution in [1.29, 1.82) is 0 Å². The van der Waals surface area contributed by atoms with Gasteiger partial charge < -0.3 is 14.8 Å². The lowest BCUT2D eigenvalue weighted by Gasteiger charge is -2.09. The molecule has 0 radical (unpaired) electrons. The van der Waals surface area contributed by atoms with E-state index in [1.54, 1.807) is 30.3 Å². The maximum Gasteiger partial charge on any atom is 0.331 e. The van der Waals surface area contributed by atoms with E-state index in [4.69, 9.17) is 9.47 Å². The molecular weight excluding hydrogens is 374 g/mol. The predicted molar refractivity (Wildman–Crippen MR) is 95.8 cm³/mol. The number of methoxy groups -OCH3 is 1. The molecule has 6 heteroatoms. The highest BCUT2D eigenvalue weighted by Gasteiger charge is 2.08. The summed E-state index contributed by atoms with van der Waals surface area (Å²) in [5, 5.41) is 2.63. The highest BCUT2D eigenvalue weighted by atomic mass is 79.9. The van der Waals surface area contributed by atoms with E-state index >= 15 is 0 Å². The molecule has 0 heterocycles. The largest absolute Gasteiger partial charge is 0.495 e. The van der Waals surface area contributed by atoms with Crippen LogP contribution in [0.15, 0.2) is 59.1 Å². The first-order valence-corrected chi connectivity index (χ1v) is 7.91. The second kappa shape index (κ2) is 8.88. The fourth-order valence-electron chi connectivity index (χ4n) is 1.89. The monoisotopic (exact) mass is 389 g/mol. The van der Waals surface area contributed by atoms with E-state index in [0.717, 1.165) is 10.0 Å². The first-order valence-electron chi connectivity index (χ1n) is 7.12. The van der Waals surface area contributed by atoms with E-state index in [1.165, 1.54) is 13.2 Å². The zero-order valence-corrected chi connectivity index (χ0v) is 14.6. The Morgan fingerprint density at radius 3 is 2.71 bits per heavy atom. The molecule has 0 fully saturated rings. The molecular formula is C18H16BrNO4. The quantitative estimate of drug-likeness (QED) is 0.604. The van der Waals surface area contributed by atoms with Gasteiger partial charge in [-0.3, -0.25) is 4.79 Å².